The van der Waals surface area contributed by atoms with Gasteiger partial charge in [0, 0.05) is 12.6 Å². The highest BCUT2D eigenvalue weighted by Crippen LogP contribution is 2.26. The molecule has 2 aromatic rings. The Morgan fingerprint density at radius 3 is 2.38 bits per heavy atom. The summed E-state index contributed by atoms with van der Waals surface area (Å²) in [7, 11) is 2.76. The standard InChI is InChI=1S/C18H18N2O6/c1-19-18(24)20-16(22)15(11-6-4-3-5-7-11)26-17(23)13-10-12(25-2)8-9-14(13)21/h3-10,15,21H,1-2H3,(H2,19,20,22,24). The summed E-state index contributed by atoms with van der Waals surface area (Å²) in [5, 5.41) is 14.2. The molecule has 0 saturated carbocycles. The normalized spacial score (nSPS) is 11.2. The van der Waals surface area contributed by atoms with Crippen molar-refractivity contribution in [1.82, 2.24) is 10.6 Å². The highest BCUT2D eigenvalue weighted by atomic mass is 16.5. The third-order valence-corrected chi connectivity index (χ3v) is 3.45. The molecule has 0 aliphatic heterocycles. The van der Waals surface area contributed by atoms with Crippen molar-refractivity contribution < 1.29 is 29.0 Å². The van der Waals surface area contributed by atoms with E-state index in [0.717, 1.165) is 0 Å². The number of nitrogens with one attached hydrogen (secondary N) is 2. The summed E-state index contributed by atoms with van der Waals surface area (Å²) in [6.45, 7) is 0. The number of carbonyl (C=O) groups is 3. The number of methoxy groups -OCH3 is 1. The molecule has 0 spiro atoms. The monoisotopic (exact) mass is 358 g/mol. The van der Waals surface area contributed by atoms with Crippen LogP contribution in [-0.4, -0.2) is 37.2 Å². The van der Waals surface area contributed by atoms with Gasteiger partial charge in [0.05, 0.1) is 7.11 Å². The van der Waals surface area contributed by atoms with Crippen molar-refractivity contribution in [3.63, 3.8) is 0 Å². The quantitative estimate of drug-likeness (QED) is 0.702. The topological polar surface area (TPSA) is 114 Å². The largest absolute Gasteiger partial charge is 0.507 e. The van der Waals surface area contributed by atoms with Gasteiger partial charge in [-0.3, -0.25) is 10.1 Å². The van der Waals surface area contributed by atoms with Crippen LogP contribution >= 0.6 is 0 Å². The second-order valence-corrected chi connectivity index (χ2v) is 5.15. The summed E-state index contributed by atoms with van der Waals surface area (Å²) in [5.74, 6) is -1.76. The fourth-order valence-electron chi connectivity index (χ4n) is 2.12. The van der Waals surface area contributed by atoms with Crippen LogP contribution in [0.2, 0.25) is 0 Å². The minimum Gasteiger partial charge on any atom is -0.507 e. The first-order valence-corrected chi connectivity index (χ1v) is 7.61. The first-order chi connectivity index (χ1) is 12.5. The Hall–Kier alpha value is -3.55. The van der Waals surface area contributed by atoms with E-state index in [1.54, 1.807) is 30.3 Å². The number of urea groups is 1. The number of aromatic hydroxyl groups is 1. The Morgan fingerprint density at radius 1 is 1.08 bits per heavy atom. The summed E-state index contributed by atoms with van der Waals surface area (Å²) in [6, 6.07) is 11.5. The molecule has 0 aliphatic carbocycles. The molecule has 3 N–H and O–H groups in total. The third-order valence-electron chi connectivity index (χ3n) is 3.45. The molecule has 0 aromatic heterocycles. The van der Waals surface area contributed by atoms with Crippen LogP contribution in [0.15, 0.2) is 48.5 Å². The number of amides is 3. The maximum atomic E-state index is 12.5. The molecular weight excluding hydrogens is 340 g/mol. The van der Waals surface area contributed by atoms with Crippen LogP contribution < -0.4 is 15.4 Å². The Labute approximate surface area is 149 Å². The van der Waals surface area contributed by atoms with Gasteiger partial charge in [-0.25, -0.2) is 9.59 Å². The number of esters is 1. The molecule has 8 nitrogen and oxygen atoms in total. The van der Waals surface area contributed by atoms with E-state index in [1.165, 1.54) is 32.4 Å². The Morgan fingerprint density at radius 2 is 1.77 bits per heavy atom. The molecule has 0 bridgehead atoms. The van der Waals surface area contributed by atoms with Crippen molar-refractivity contribution >= 4 is 17.9 Å². The Kier molecular flexibility index (Phi) is 6.15. The fraction of sp³-hybridized carbons (Fsp3) is 0.167. The lowest BCUT2D eigenvalue weighted by molar-refractivity contribution is -0.129. The van der Waals surface area contributed by atoms with Crippen molar-refractivity contribution in [1.29, 1.82) is 0 Å². The van der Waals surface area contributed by atoms with Gasteiger partial charge in [0.15, 0.2) is 0 Å². The van der Waals surface area contributed by atoms with Crippen LogP contribution in [0, 0.1) is 0 Å². The van der Waals surface area contributed by atoms with Crippen molar-refractivity contribution in [3.05, 3.63) is 59.7 Å². The van der Waals surface area contributed by atoms with Gasteiger partial charge in [-0.2, -0.15) is 0 Å². The minimum absolute atomic E-state index is 0.168. The smallest absolute Gasteiger partial charge is 0.343 e. The average molecular weight is 358 g/mol. The van der Waals surface area contributed by atoms with Crippen LogP contribution in [0.5, 0.6) is 11.5 Å². The van der Waals surface area contributed by atoms with Crippen LogP contribution in [0.3, 0.4) is 0 Å². The van der Waals surface area contributed by atoms with E-state index >= 15 is 0 Å². The van der Waals surface area contributed by atoms with Gasteiger partial charge >= 0.3 is 12.0 Å². The first kappa shape index (κ1) is 18.8. The molecule has 0 radical (unpaired) electrons. The number of carbonyl (C=O) groups excluding carboxylic acids is 3. The molecule has 3 amide bonds. The zero-order chi connectivity index (χ0) is 19.1. The van der Waals surface area contributed by atoms with Crippen molar-refractivity contribution in [2.24, 2.45) is 0 Å². The molecule has 0 saturated heterocycles. The second-order valence-electron chi connectivity index (χ2n) is 5.15. The summed E-state index contributed by atoms with van der Waals surface area (Å²) >= 11 is 0. The summed E-state index contributed by atoms with van der Waals surface area (Å²) < 4.78 is 10.3. The molecule has 8 heteroatoms. The van der Waals surface area contributed by atoms with E-state index < -0.39 is 24.0 Å². The molecule has 0 fully saturated rings. The van der Waals surface area contributed by atoms with E-state index in [4.69, 9.17) is 9.47 Å². The molecule has 26 heavy (non-hydrogen) atoms. The molecule has 2 aromatic carbocycles. The lowest BCUT2D eigenvalue weighted by Crippen LogP contribution is -2.41. The number of benzene rings is 2. The van der Waals surface area contributed by atoms with Gasteiger partial charge in [-0.05, 0) is 18.2 Å². The van der Waals surface area contributed by atoms with Gasteiger partial charge in [-0.15, -0.1) is 0 Å². The van der Waals surface area contributed by atoms with E-state index in [0.29, 0.717) is 11.3 Å². The molecule has 0 aliphatic rings. The average Bonchev–Trinajstić information content (AvgIpc) is 2.66. The van der Waals surface area contributed by atoms with Crippen molar-refractivity contribution in [2.45, 2.75) is 6.10 Å². The molecule has 136 valence electrons. The number of phenolic OH excluding ortho intramolecular Hbond substituents is 1. The summed E-state index contributed by atoms with van der Waals surface area (Å²) in [4.78, 5) is 36.2. The van der Waals surface area contributed by atoms with Crippen LogP contribution in [0.1, 0.15) is 22.0 Å². The Bertz CT molecular complexity index is 807. The minimum atomic E-state index is -1.38. The Balaban J connectivity index is 2.30. The number of ether oxygens (including phenoxy) is 2. The first-order valence-electron chi connectivity index (χ1n) is 7.61. The van der Waals surface area contributed by atoms with Gasteiger partial charge < -0.3 is 19.9 Å². The SMILES string of the molecule is CNC(=O)NC(=O)C(OC(=O)c1cc(OC)ccc1O)c1ccccc1. The van der Waals surface area contributed by atoms with E-state index in [-0.39, 0.29) is 11.3 Å². The van der Waals surface area contributed by atoms with Crippen molar-refractivity contribution in [2.75, 3.05) is 14.2 Å². The lowest BCUT2D eigenvalue weighted by atomic mass is 10.1. The van der Waals surface area contributed by atoms with E-state index in [1.807, 2.05) is 0 Å². The third kappa shape index (κ3) is 4.50. The number of hydrogen-bond acceptors (Lipinski definition) is 6. The van der Waals surface area contributed by atoms with Gasteiger partial charge in [0.1, 0.15) is 17.1 Å². The fourth-order valence-corrected chi connectivity index (χ4v) is 2.12. The molecule has 0 heterocycles. The van der Waals surface area contributed by atoms with Crippen LogP contribution in [-0.2, 0) is 9.53 Å². The number of rotatable bonds is 5. The zero-order valence-corrected chi connectivity index (χ0v) is 14.2. The molecule has 1 atom stereocenters. The maximum absolute atomic E-state index is 12.5. The predicted molar refractivity (Wildman–Crippen MR) is 91.9 cm³/mol. The van der Waals surface area contributed by atoms with Crippen LogP contribution in [0.25, 0.3) is 0 Å². The second kappa shape index (κ2) is 8.52. The number of imide groups is 1. The zero-order valence-electron chi connectivity index (χ0n) is 14.2. The predicted octanol–water partition coefficient (Wildman–Crippen LogP) is 1.75. The van der Waals surface area contributed by atoms with E-state index in [9.17, 15) is 19.5 Å². The van der Waals surface area contributed by atoms with Gasteiger partial charge in [0.25, 0.3) is 5.91 Å². The summed E-state index contributed by atoms with van der Waals surface area (Å²) in [5.41, 5.74) is 0.197. The summed E-state index contributed by atoms with van der Waals surface area (Å²) in [6.07, 6.45) is -1.38. The number of hydrogen-bond donors (Lipinski definition) is 3. The highest BCUT2D eigenvalue weighted by Gasteiger charge is 2.28. The molecular formula is C18H18N2O6. The van der Waals surface area contributed by atoms with Crippen LogP contribution in [0.4, 0.5) is 4.79 Å². The van der Waals surface area contributed by atoms with E-state index in [2.05, 4.69) is 10.6 Å². The number of phenols is 1. The maximum Gasteiger partial charge on any atom is 0.343 e. The molecule has 2 rings (SSSR count). The highest BCUT2D eigenvalue weighted by molar-refractivity contribution is 5.99. The van der Waals surface area contributed by atoms with Gasteiger partial charge in [-0.1, -0.05) is 30.3 Å². The molecule has 1 unspecified atom stereocenters. The van der Waals surface area contributed by atoms with Crippen molar-refractivity contribution in [3.8, 4) is 11.5 Å². The van der Waals surface area contributed by atoms with Gasteiger partial charge in [0.2, 0.25) is 6.10 Å². The lowest BCUT2D eigenvalue weighted by Gasteiger charge is -2.18.